The highest BCUT2D eigenvalue weighted by molar-refractivity contribution is 5.61. The average Bonchev–Trinajstić information content (AvgIpc) is 2.96. The summed E-state index contributed by atoms with van der Waals surface area (Å²) in [5, 5.41) is 15.5. The van der Waals surface area contributed by atoms with Crippen molar-refractivity contribution in [3.05, 3.63) is 107 Å². The van der Waals surface area contributed by atoms with Crippen LogP contribution >= 0.6 is 0 Å². The number of rotatable bonds is 11. The van der Waals surface area contributed by atoms with Gasteiger partial charge in [-0.3, -0.25) is 0 Å². The molecule has 0 spiro atoms. The van der Waals surface area contributed by atoms with Crippen LogP contribution in [-0.4, -0.2) is 20.8 Å². The molecule has 4 aromatic carbocycles. The van der Waals surface area contributed by atoms with E-state index >= 15 is 0 Å². The molecule has 9 heteroatoms. The number of ether oxygens (including phenoxy) is 3. The van der Waals surface area contributed by atoms with Crippen LogP contribution in [0.3, 0.4) is 0 Å². The zero-order chi connectivity index (χ0) is 28.5. The monoisotopic (exact) mass is 547 g/mol. The third-order valence-electron chi connectivity index (χ3n) is 6.15. The van der Waals surface area contributed by atoms with Crippen LogP contribution in [0.5, 0.6) is 23.0 Å². The molecule has 0 saturated carbocycles. The van der Waals surface area contributed by atoms with Gasteiger partial charge >= 0.3 is 6.18 Å². The molecular weight excluding hydrogens is 519 g/mol. The highest BCUT2D eigenvalue weighted by atomic mass is 19.4. The van der Waals surface area contributed by atoms with Gasteiger partial charge < -0.3 is 24.8 Å². The largest absolute Gasteiger partial charge is 0.496 e. The lowest BCUT2D eigenvalue weighted by atomic mass is 10.1. The molecule has 40 heavy (non-hydrogen) atoms. The molecule has 0 aromatic heterocycles. The van der Waals surface area contributed by atoms with Crippen molar-refractivity contribution in [2.24, 2.45) is 0 Å². The lowest BCUT2D eigenvalue weighted by Crippen LogP contribution is -2.18. The van der Waals surface area contributed by atoms with Crippen LogP contribution in [-0.2, 0) is 19.1 Å². The summed E-state index contributed by atoms with van der Waals surface area (Å²) in [4.78, 5) is 0. The van der Waals surface area contributed by atoms with Crippen molar-refractivity contribution in [3.8, 4) is 29.1 Å². The standard InChI is InChI=1S/C31H28F3N3O3/c1-38-29-17-27(40-26-13-11-25(12-14-26)37-24-9-5-22(19-35)6-10-24)18-30(39-2)28(29)20-36-16-15-21-3-7-23(8-4-21)31(32,33)34/h3-14,17-18,36-37H,15-16,20H2,1-2H3. The van der Waals surface area contributed by atoms with Gasteiger partial charge in [0.2, 0.25) is 0 Å². The Morgan fingerprint density at radius 1 is 0.775 bits per heavy atom. The Hall–Kier alpha value is -4.68. The topological polar surface area (TPSA) is 75.5 Å². The fraction of sp³-hybridized carbons (Fsp3) is 0.194. The van der Waals surface area contributed by atoms with Crippen molar-refractivity contribution in [3.63, 3.8) is 0 Å². The van der Waals surface area contributed by atoms with Gasteiger partial charge in [0.25, 0.3) is 0 Å². The van der Waals surface area contributed by atoms with E-state index in [0.29, 0.717) is 48.1 Å². The second-order valence-electron chi connectivity index (χ2n) is 8.87. The molecule has 0 unspecified atom stereocenters. The Kier molecular flexibility index (Phi) is 9.15. The number of benzene rings is 4. The van der Waals surface area contributed by atoms with Gasteiger partial charge in [-0.1, -0.05) is 12.1 Å². The summed E-state index contributed by atoms with van der Waals surface area (Å²) < 4.78 is 55.5. The maximum atomic E-state index is 12.8. The van der Waals surface area contributed by atoms with Crippen LogP contribution in [0.1, 0.15) is 22.3 Å². The summed E-state index contributed by atoms with van der Waals surface area (Å²) in [6.07, 6.45) is -3.77. The van der Waals surface area contributed by atoms with E-state index in [1.807, 2.05) is 36.4 Å². The SMILES string of the molecule is COc1cc(Oc2ccc(Nc3ccc(C#N)cc3)cc2)cc(OC)c1CNCCc1ccc(C(F)(F)F)cc1. The first-order chi connectivity index (χ1) is 19.3. The first kappa shape index (κ1) is 28.3. The van der Waals surface area contributed by atoms with Crippen LogP contribution in [0.4, 0.5) is 24.5 Å². The molecule has 0 atom stereocenters. The van der Waals surface area contributed by atoms with Crippen molar-refractivity contribution in [2.75, 3.05) is 26.1 Å². The van der Waals surface area contributed by atoms with Gasteiger partial charge in [0.15, 0.2) is 0 Å². The normalized spacial score (nSPS) is 11.0. The number of nitrogens with zero attached hydrogens (tertiary/aromatic N) is 1. The molecule has 0 fully saturated rings. The molecule has 0 aliphatic rings. The van der Waals surface area contributed by atoms with Crippen LogP contribution in [0, 0.1) is 11.3 Å². The Labute approximate surface area is 230 Å². The predicted octanol–water partition coefficient (Wildman–Crippen LogP) is 7.46. The zero-order valence-electron chi connectivity index (χ0n) is 22.0. The molecule has 0 heterocycles. The van der Waals surface area contributed by atoms with Crippen LogP contribution in [0.2, 0.25) is 0 Å². The van der Waals surface area contributed by atoms with Crippen molar-refractivity contribution in [2.45, 2.75) is 19.1 Å². The first-order valence-electron chi connectivity index (χ1n) is 12.5. The number of halogens is 3. The van der Waals surface area contributed by atoms with Crippen molar-refractivity contribution in [1.29, 1.82) is 5.26 Å². The van der Waals surface area contributed by atoms with Crippen molar-refractivity contribution < 1.29 is 27.4 Å². The maximum Gasteiger partial charge on any atom is 0.416 e. The van der Waals surface area contributed by atoms with Gasteiger partial charge in [-0.05, 0) is 79.2 Å². The fourth-order valence-corrected chi connectivity index (χ4v) is 4.04. The van der Waals surface area contributed by atoms with Gasteiger partial charge in [0.05, 0.1) is 37.0 Å². The summed E-state index contributed by atoms with van der Waals surface area (Å²) in [5.74, 6) is 2.32. The number of nitrogens with one attached hydrogen (secondary N) is 2. The molecule has 0 bridgehead atoms. The number of anilines is 2. The minimum absolute atomic E-state index is 0.434. The van der Waals surface area contributed by atoms with Crippen molar-refractivity contribution >= 4 is 11.4 Å². The van der Waals surface area contributed by atoms with E-state index in [2.05, 4.69) is 16.7 Å². The molecule has 0 amide bonds. The quantitative estimate of drug-likeness (QED) is 0.190. The lowest BCUT2D eigenvalue weighted by Gasteiger charge is -2.17. The summed E-state index contributed by atoms with van der Waals surface area (Å²) >= 11 is 0. The maximum absolute atomic E-state index is 12.8. The summed E-state index contributed by atoms with van der Waals surface area (Å²) in [7, 11) is 3.13. The third kappa shape index (κ3) is 7.46. The number of nitriles is 1. The van der Waals surface area contributed by atoms with Crippen molar-refractivity contribution in [1.82, 2.24) is 5.32 Å². The smallest absolute Gasteiger partial charge is 0.416 e. The van der Waals surface area contributed by atoms with Gasteiger partial charge in [0.1, 0.15) is 23.0 Å². The van der Waals surface area contributed by atoms with Gasteiger partial charge in [-0.25, -0.2) is 0 Å². The number of hydrogen-bond acceptors (Lipinski definition) is 6. The number of hydrogen-bond donors (Lipinski definition) is 2. The summed E-state index contributed by atoms with van der Waals surface area (Å²) in [6.45, 7) is 0.988. The Bertz CT molecular complexity index is 1420. The first-order valence-corrected chi connectivity index (χ1v) is 12.5. The van der Waals surface area contributed by atoms with Crippen LogP contribution < -0.4 is 24.8 Å². The van der Waals surface area contributed by atoms with E-state index in [1.165, 1.54) is 12.1 Å². The lowest BCUT2D eigenvalue weighted by molar-refractivity contribution is -0.137. The molecule has 0 aliphatic heterocycles. The molecule has 6 nitrogen and oxygen atoms in total. The van der Waals surface area contributed by atoms with Crippen LogP contribution in [0.15, 0.2) is 84.9 Å². The molecule has 0 aliphatic carbocycles. The second-order valence-corrected chi connectivity index (χ2v) is 8.87. The average molecular weight is 548 g/mol. The van der Waals surface area contributed by atoms with Gasteiger partial charge in [0, 0.05) is 30.1 Å². The Morgan fingerprint density at radius 2 is 1.35 bits per heavy atom. The Balaban J connectivity index is 1.36. The number of methoxy groups -OCH3 is 2. The van der Waals surface area contributed by atoms with E-state index in [1.54, 1.807) is 38.5 Å². The van der Waals surface area contributed by atoms with E-state index in [0.717, 1.165) is 34.6 Å². The number of alkyl halides is 3. The van der Waals surface area contributed by atoms with Gasteiger partial charge in [-0.2, -0.15) is 18.4 Å². The van der Waals surface area contributed by atoms with E-state index in [4.69, 9.17) is 19.5 Å². The predicted molar refractivity (Wildman–Crippen MR) is 147 cm³/mol. The molecule has 206 valence electrons. The third-order valence-corrected chi connectivity index (χ3v) is 6.15. The molecule has 0 saturated heterocycles. The summed E-state index contributed by atoms with van der Waals surface area (Å²) in [5.41, 5.74) is 3.28. The van der Waals surface area contributed by atoms with Crippen LogP contribution in [0.25, 0.3) is 0 Å². The molecular formula is C31H28F3N3O3. The fourth-order valence-electron chi connectivity index (χ4n) is 4.04. The zero-order valence-corrected chi connectivity index (χ0v) is 22.0. The molecule has 0 radical (unpaired) electrons. The molecule has 2 N–H and O–H groups in total. The van der Waals surface area contributed by atoms with E-state index in [9.17, 15) is 13.2 Å². The minimum atomic E-state index is -4.34. The Morgan fingerprint density at radius 3 is 1.88 bits per heavy atom. The summed E-state index contributed by atoms with van der Waals surface area (Å²) in [6, 6.07) is 25.5. The highest BCUT2D eigenvalue weighted by Gasteiger charge is 2.29. The molecule has 4 aromatic rings. The van der Waals surface area contributed by atoms with Gasteiger partial charge in [-0.15, -0.1) is 0 Å². The van der Waals surface area contributed by atoms with E-state index in [-0.39, 0.29) is 0 Å². The second kappa shape index (κ2) is 12.9. The van der Waals surface area contributed by atoms with E-state index < -0.39 is 11.7 Å². The molecule has 4 rings (SSSR count). The highest BCUT2D eigenvalue weighted by Crippen LogP contribution is 2.36. The minimum Gasteiger partial charge on any atom is -0.496 e.